The van der Waals surface area contributed by atoms with E-state index in [0.29, 0.717) is 18.0 Å². The van der Waals surface area contributed by atoms with E-state index in [-0.39, 0.29) is 12.5 Å². The molecule has 7 heteroatoms. The average molecular weight is 298 g/mol. The van der Waals surface area contributed by atoms with Crippen LogP contribution in [-0.4, -0.2) is 69.7 Å². The average Bonchev–Trinajstić information content (AvgIpc) is 2.77. The molecule has 0 unspecified atom stereocenters. The van der Waals surface area contributed by atoms with Crippen LogP contribution in [0.1, 0.15) is 35.1 Å². The van der Waals surface area contributed by atoms with Gasteiger partial charge >= 0.3 is 0 Å². The molecule has 1 amide bonds. The topological polar surface area (TPSA) is 69.6 Å². The van der Waals surface area contributed by atoms with Crippen LogP contribution in [0.2, 0.25) is 0 Å². The van der Waals surface area contributed by atoms with Gasteiger partial charge in [-0.05, 0) is 30.9 Å². The zero-order chi connectivity index (χ0) is 14.4. The molecule has 0 bridgehead atoms. The highest BCUT2D eigenvalue weighted by atomic mass is 32.1. The molecule has 1 saturated heterocycles. The Morgan fingerprint density at radius 1 is 1.35 bits per heavy atom. The summed E-state index contributed by atoms with van der Waals surface area (Å²) >= 11 is 1.20. The number of hydrogen-bond donors (Lipinski definition) is 1. The Hall–Kier alpha value is -1.05. The number of carbonyl (C=O) groups excluding carboxylic acids is 1. The maximum Gasteiger partial charge on any atom is 0.267 e. The summed E-state index contributed by atoms with van der Waals surface area (Å²) in [6, 6.07) is 0. The normalized spacial score (nSPS) is 17.2. The number of aliphatic hydroxyl groups is 1. The van der Waals surface area contributed by atoms with Crippen molar-refractivity contribution >= 4 is 17.4 Å². The van der Waals surface area contributed by atoms with Crippen LogP contribution in [0.3, 0.4) is 0 Å². The monoisotopic (exact) mass is 298 g/mol. The minimum absolute atomic E-state index is 0.0642. The molecule has 0 aromatic carbocycles. The molecular formula is C13H22N4O2S. The summed E-state index contributed by atoms with van der Waals surface area (Å²) in [5, 5.41) is 13.1. The Morgan fingerprint density at radius 2 is 2.20 bits per heavy atom. The number of aromatic nitrogens is 2. The molecule has 20 heavy (non-hydrogen) atoms. The second kappa shape index (κ2) is 7.66. The molecule has 0 spiro atoms. The second-order valence-corrected chi connectivity index (χ2v) is 5.76. The number of aryl methyl sites for hydroxylation is 1. The van der Waals surface area contributed by atoms with Crippen molar-refractivity contribution in [2.24, 2.45) is 0 Å². The van der Waals surface area contributed by atoms with Crippen molar-refractivity contribution in [2.45, 2.75) is 26.2 Å². The number of hydrogen-bond acceptors (Lipinski definition) is 6. The van der Waals surface area contributed by atoms with E-state index in [1.54, 1.807) is 0 Å². The van der Waals surface area contributed by atoms with Gasteiger partial charge in [-0.2, -0.15) is 0 Å². The first-order valence-electron chi connectivity index (χ1n) is 7.20. The van der Waals surface area contributed by atoms with Crippen molar-refractivity contribution in [3.8, 4) is 0 Å². The van der Waals surface area contributed by atoms with Crippen LogP contribution < -0.4 is 0 Å². The van der Waals surface area contributed by atoms with E-state index in [4.69, 9.17) is 5.11 Å². The van der Waals surface area contributed by atoms with Gasteiger partial charge in [0.25, 0.3) is 5.91 Å². The maximum absolute atomic E-state index is 12.6. The molecule has 112 valence electrons. The van der Waals surface area contributed by atoms with Gasteiger partial charge in [0.05, 0.1) is 12.3 Å². The van der Waals surface area contributed by atoms with Crippen molar-refractivity contribution in [2.75, 3.05) is 39.3 Å². The summed E-state index contributed by atoms with van der Waals surface area (Å²) < 4.78 is 3.93. The highest BCUT2D eigenvalue weighted by Gasteiger charge is 2.24. The quantitative estimate of drug-likeness (QED) is 0.863. The Morgan fingerprint density at radius 3 is 2.95 bits per heavy atom. The van der Waals surface area contributed by atoms with Crippen molar-refractivity contribution in [1.82, 2.24) is 19.4 Å². The lowest BCUT2D eigenvalue weighted by Crippen LogP contribution is -2.36. The van der Waals surface area contributed by atoms with Gasteiger partial charge in [-0.25, -0.2) is 0 Å². The lowest BCUT2D eigenvalue weighted by atomic mass is 10.2. The molecule has 2 rings (SSSR count). The number of aliphatic hydroxyl groups excluding tert-OH is 1. The van der Waals surface area contributed by atoms with Crippen LogP contribution in [0.15, 0.2) is 0 Å². The smallest absolute Gasteiger partial charge is 0.267 e. The molecule has 2 heterocycles. The first-order chi connectivity index (χ1) is 9.76. The number of rotatable bonds is 5. The van der Waals surface area contributed by atoms with Crippen molar-refractivity contribution in [1.29, 1.82) is 0 Å². The summed E-state index contributed by atoms with van der Waals surface area (Å²) in [6.45, 7) is 6.17. The summed E-state index contributed by atoms with van der Waals surface area (Å²) in [5.74, 6) is 0.0642. The van der Waals surface area contributed by atoms with E-state index < -0.39 is 0 Å². The largest absolute Gasteiger partial charge is 0.395 e. The van der Waals surface area contributed by atoms with E-state index in [0.717, 1.165) is 44.6 Å². The van der Waals surface area contributed by atoms with Crippen molar-refractivity contribution < 1.29 is 9.90 Å². The molecule has 0 atom stereocenters. The molecule has 0 aliphatic carbocycles. The molecule has 1 aromatic heterocycles. The minimum atomic E-state index is 0.0642. The number of β-amino-alcohol motifs (C(OH)–C–C–N with tert-alkyl or cyclic N) is 1. The predicted octanol–water partition coefficient (Wildman–Crippen LogP) is 0.631. The zero-order valence-electron chi connectivity index (χ0n) is 11.9. The molecule has 6 nitrogen and oxygen atoms in total. The summed E-state index contributed by atoms with van der Waals surface area (Å²) in [6.07, 6.45) is 2.72. The van der Waals surface area contributed by atoms with Crippen LogP contribution in [0.5, 0.6) is 0 Å². The molecule has 1 aromatic rings. The number of nitrogens with zero attached hydrogens (tertiary/aromatic N) is 4. The fourth-order valence-corrected chi connectivity index (χ4v) is 3.13. The lowest BCUT2D eigenvalue weighted by molar-refractivity contribution is 0.0764. The van der Waals surface area contributed by atoms with E-state index in [9.17, 15) is 4.79 Å². The summed E-state index contributed by atoms with van der Waals surface area (Å²) in [7, 11) is 0. The maximum atomic E-state index is 12.6. The van der Waals surface area contributed by atoms with Crippen LogP contribution in [0.25, 0.3) is 0 Å². The van der Waals surface area contributed by atoms with Gasteiger partial charge in [-0.15, -0.1) is 5.10 Å². The first-order valence-corrected chi connectivity index (χ1v) is 7.97. The van der Waals surface area contributed by atoms with E-state index in [1.165, 1.54) is 11.5 Å². The Kier molecular flexibility index (Phi) is 5.87. The second-order valence-electron chi connectivity index (χ2n) is 5.01. The van der Waals surface area contributed by atoms with Gasteiger partial charge in [0.2, 0.25) is 0 Å². The first kappa shape index (κ1) is 15.3. The predicted molar refractivity (Wildman–Crippen MR) is 78.0 cm³/mol. The van der Waals surface area contributed by atoms with Gasteiger partial charge < -0.3 is 10.0 Å². The van der Waals surface area contributed by atoms with Gasteiger partial charge in [-0.1, -0.05) is 17.8 Å². The Bertz CT molecular complexity index is 438. The fourth-order valence-electron chi connectivity index (χ4n) is 2.45. The third-order valence-electron chi connectivity index (χ3n) is 3.53. The molecular weight excluding hydrogens is 276 g/mol. The molecule has 0 radical (unpaired) electrons. The minimum Gasteiger partial charge on any atom is -0.395 e. The van der Waals surface area contributed by atoms with Crippen molar-refractivity contribution in [3.05, 3.63) is 10.6 Å². The summed E-state index contributed by atoms with van der Waals surface area (Å²) in [4.78, 5) is 17.4. The van der Waals surface area contributed by atoms with Crippen LogP contribution in [0.4, 0.5) is 0 Å². The SMILES string of the molecule is CCCc1nnsc1C(=O)N1CCCN(CCO)CC1. The third kappa shape index (κ3) is 3.74. The van der Waals surface area contributed by atoms with Gasteiger partial charge in [0.1, 0.15) is 4.88 Å². The molecule has 1 fully saturated rings. The number of carbonyl (C=O) groups is 1. The van der Waals surface area contributed by atoms with E-state index in [1.807, 2.05) is 4.90 Å². The van der Waals surface area contributed by atoms with Gasteiger partial charge in [0, 0.05) is 26.2 Å². The molecule has 1 aliphatic rings. The summed E-state index contributed by atoms with van der Waals surface area (Å²) in [5.41, 5.74) is 0.832. The van der Waals surface area contributed by atoms with Crippen molar-refractivity contribution in [3.63, 3.8) is 0 Å². The van der Waals surface area contributed by atoms with Gasteiger partial charge in [-0.3, -0.25) is 9.69 Å². The molecule has 1 N–H and O–H groups in total. The standard InChI is InChI=1S/C13H22N4O2S/c1-2-4-11-12(20-15-14-11)13(19)17-6-3-5-16(7-8-17)9-10-18/h18H,2-10H2,1H3. The highest BCUT2D eigenvalue weighted by molar-refractivity contribution is 7.08. The van der Waals surface area contributed by atoms with Crippen LogP contribution in [0, 0.1) is 0 Å². The van der Waals surface area contributed by atoms with E-state index >= 15 is 0 Å². The molecule has 1 aliphatic heterocycles. The lowest BCUT2D eigenvalue weighted by Gasteiger charge is -2.21. The van der Waals surface area contributed by atoms with Crippen LogP contribution >= 0.6 is 11.5 Å². The Labute approximate surface area is 123 Å². The Balaban J connectivity index is 2.00. The highest BCUT2D eigenvalue weighted by Crippen LogP contribution is 2.16. The zero-order valence-corrected chi connectivity index (χ0v) is 12.7. The molecule has 0 saturated carbocycles. The van der Waals surface area contributed by atoms with Gasteiger partial charge in [0.15, 0.2) is 0 Å². The number of amides is 1. The van der Waals surface area contributed by atoms with E-state index in [2.05, 4.69) is 21.4 Å². The third-order valence-corrected chi connectivity index (χ3v) is 4.28. The fraction of sp³-hybridized carbons (Fsp3) is 0.769. The van der Waals surface area contributed by atoms with Crippen LogP contribution in [-0.2, 0) is 6.42 Å².